The Labute approximate surface area is 221 Å². The molecule has 2 amide bonds. The van der Waals surface area contributed by atoms with E-state index < -0.39 is 12.3 Å². The average Bonchev–Trinajstić information content (AvgIpc) is 2.84. The third-order valence-corrected chi connectivity index (χ3v) is 6.50. The molecule has 0 spiro atoms. The Morgan fingerprint density at radius 3 is 2.27 bits per heavy atom. The van der Waals surface area contributed by atoms with Crippen LogP contribution in [0.25, 0.3) is 0 Å². The van der Waals surface area contributed by atoms with Crippen LogP contribution < -0.4 is 10.2 Å². The molecule has 11 heteroatoms. The molecule has 0 saturated carbocycles. The summed E-state index contributed by atoms with van der Waals surface area (Å²) in [6.07, 6.45) is -2.77. The maximum atomic E-state index is 13.0. The Morgan fingerprint density at radius 1 is 0.973 bits per heavy atom. The molecule has 2 aliphatic rings. The lowest BCUT2D eigenvalue weighted by atomic mass is 9.98. The number of ether oxygens (including phenoxy) is 1. The number of alkyl halides is 3. The minimum Gasteiger partial charge on any atom is -0.367 e. The summed E-state index contributed by atoms with van der Waals surface area (Å²) in [6.45, 7) is 1.05. The molecule has 0 bridgehead atoms. The summed E-state index contributed by atoms with van der Waals surface area (Å²) in [5.74, 6) is -0.286. The third kappa shape index (κ3) is 6.06. The van der Waals surface area contributed by atoms with Crippen molar-refractivity contribution in [2.24, 2.45) is 0 Å². The number of hydrogen-bond acceptors (Lipinski definition) is 4. The van der Waals surface area contributed by atoms with Crippen LogP contribution in [-0.2, 0) is 17.6 Å². The monoisotopic (exact) mass is 551 g/mol. The van der Waals surface area contributed by atoms with E-state index >= 15 is 0 Å². The molecule has 0 fully saturated rings. The number of amides is 2. The second-order valence-corrected chi connectivity index (χ2v) is 9.32. The normalized spacial score (nSPS) is 15.7. The summed E-state index contributed by atoms with van der Waals surface area (Å²) in [6, 6.07) is 11.6. The highest BCUT2D eigenvalue weighted by Gasteiger charge is 2.41. The maximum Gasteiger partial charge on any atom is 0.418 e. The number of rotatable bonds is 3. The number of benzene rings is 2. The minimum atomic E-state index is -4.57. The molecule has 3 aromatic rings. The van der Waals surface area contributed by atoms with E-state index in [0.29, 0.717) is 40.8 Å². The lowest BCUT2D eigenvalue weighted by Gasteiger charge is -2.29. The fourth-order valence-corrected chi connectivity index (χ4v) is 4.68. The summed E-state index contributed by atoms with van der Waals surface area (Å²) >= 11 is 11.7. The van der Waals surface area contributed by atoms with Crippen LogP contribution in [0.1, 0.15) is 43.5 Å². The van der Waals surface area contributed by atoms with Gasteiger partial charge in [-0.05, 0) is 66.4 Å². The van der Waals surface area contributed by atoms with E-state index in [-0.39, 0.29) is 17.4 Å². The van der Waals surface area contributed by atoms with Crippen LogP contribution in [0.2, 0.25) is 10.0 Å². The van der Waals surface area contributed by atoms with Crippen molar-refractivity contribution < 1.29 is 27.5 Å². The van der Waals surface area contributed by atoms with Gasteiger partial charge in [-0.2, -0.15) is 13.2 Å². The molecular formula is C26H22Cl2F3N3O3. The lowest BCUT2D eigenvalue weighted by Crippen LogP contribution is -2.37. The van der Waals surface area contributed by atoms with Gasteiger partial charge in [-0.25, -0.2) is 0 Å². The minimum absolute atomic E-state index is 0.00733. The fraction of sp³-hybridized carbons (Fsp3) is 0.269. The standard InChI is InChI=1S/C17H14ClF3N2O2.C9H8ClNO/c1-25-15(17(19,20)21)11-7-13(9-22-8-11)23-5-4-10-6-12(18)2-3-14(10)16(23)24;10-7-1-2-8-6(5-7)3-4-11-9(8)12/h2-3,6-9,15H,4-5H2,1H3;1-2,5H,3-4H2,(H,11,12). The lowest BCUT2D eigenvalue weighted by molar-refractivity contribution is -0.216. The second kappa shape index (κ2) is 11.1. The van der Waals surface area contributed by atoms with Crippen LogP contribution in [0, 0.1) is 0 Å². The first kappa shape index (κ1) is 26.9. The molecule has 2 aromatic carbocycles. The second-order valence-electron chi connectivity index (χ2n) is 8.45. The van der Waals surface area contributed by atoms with Crippen molar-refractivity contribution in [3.63, 3.8) is 0 Å². The van der Waals surface area contributed by atoms with Crippen molar-refractivity contribution in [3.05, 3.63) is 92.7 Å². The predicted octanol–water partition coefficient (Wildman–Crippen LogP) is 5.81. The van der Waals surface area contributed by atoms with Crippen molar-refractivity contribution in [2.45, 2.75) is 25.1 Å². The van der Waals surface area contributed by atoms with Gasteiger partial charge in [0.15, 0.2) is 6.10 Å². The highest BCUT2D eigenvalue weighted by atomic mass is 35.5. The molecule has 37 heavy (non-hydrogen) atoms. The Morgan fingerprint density at radius 2 is 1.62 bits per heavy atom. The number of anilines is 1. The molecule has 1 unspecified atom stereocenters. The number of nitrogens with zero attached hydrogens (tertiary/aromatic N) is 2. The van der Waals surface area contributed by atoms with Crippen LogP contribution in [0.4, 0.5) is 18.9 Å². The van der Waals surface area contributed by atoms with Gasteiger partial charge in [-0.1, -0.05) is 23.2 Å². The van der Waals surface area contributed by atoms with E-state index in [4.69, 9.17) is 23.2 Å². The summed E-state index contributed by atoms with van der Waals surface area (Å²) < 4.78 is 43.7. The SMILES string of the molecule is COC(c1cncc(N2CCc3cc(Cl)ccc3C2=O)c1)C(F)(F)F.O=C1NCCc2cc(Cl)ccc21. The topological polar surface area (TPSA) is 71.5 Å². The molecule has 6 nitrogen and oxygen atoms in total. The average molecular weight is 552 g/mol. The number of carbonyl (C=O) groups is 2. The Bertz CT molecular complexity index is 1330. The number of methoxy groups -OCH3 is 1. The number of aromatic nitrogens is 1. The zero-order valence-electron chi connectivity index (χ0n) is 19.6. The van der Waals surface area contributed by atoms with Crippen molar-refractivity contribution in [2.75, 3.05) is 25.1 Å². The van der Waals surface area contributed by atoms with Gasteiger partial charge in [-0.3, -0.25) is 14.6 Å². The maximum absolute atomic E-state index is 13.0. The van der Waals surface area contributed by atoms with Crippen molar-refractivity contribution in [1.82, 2.24) is 10.3 Å². The number of fused-ring (bicyclic) bond motifs is 2. The number of halogens is 5. The highest BCUT2D eigenvalue weighted by molar-refractivity contribution is 6.31. The Balaban J connectivity index is 0.000000222. The van der Waals surface area contributed by atoms with E-state index in [9.17, 15) is 22.8 Å². The van der Waals surface area contributed by atoms with Crippen LogP contribution >= 0.6 is 23.2 Å². The van der Waals surface area contributed by atoms with Gasteiger partial charge in [0.05, 0.1) is 11.9 Å². The molecule has 2 aliphatic heterocycles. The van der Waals surface area contributed by atoms with Crippen LogP contribution in [0.5, 0.6) is 0 Å². The molecule has 1 atom stereocenters. The van der Waals surface area contributed by atoms with Gasteiger partial charge in [0.2, 0.25) is 0 Å². The van der Waals surface area contributed by atoms with Crippen molar-refractivity contribution >= 4 is 40.7 Å². The molecule has 0 aliphatic carbocycles. The summed E-state index contributed by atoms with van der Waals surface area (Å²) in [4.78, 5) is 29.2. The van der Waals surface area contributed by atoms with E-state index in [1.54, 1.807) is 30.3 Å². The van der Waals surface area contributed by atoms with Crippen LogP contribution in [0.15, 0.2) is 54.9 Å². The van der Waals surface area contributed by atoms with Gasteiger partial charge in [0.1, 0.15) is 0 Å². The number of carbonyl (C=O) groups excluding carboxylic acids is 2. The molecule has 0 saturated heterocycles. The van der Waals surface area contributed by atoms with Crippen LogP contribution in [0.3, 0.4) is 0 Å². The summed E-state index contributed by atoms with van der Waals surface area (Å²) in [7, 11) is 0.983. The highest BCUT2D eigenvalue weighted by Crippen LogP contribution is 2.36. The zero-order valence-corrected chi connectivity index (χ0v) is 21.1. The first-order chi connectivity index (χ1) is 17.6. The molecular weight excluding hydrogens is 530 g/mol. The van der Waals surface area contributed by atoms with Crippen LogP contribution in [-0.4, -0.2) is 43.2 Å². The Kier molecular flexibility index (Phi) is 8.06. The van der Waals surface area contributed by atoms with Gasteiger partial charge in [-0.15, -0.1) is 0 Å². The Hall–Kier alpha value is -3.14. The molecule has 3 heterocycles. The first-order valence-electron chi connectivity index (χ1n) is 11.3. The number of pyridine rings is 1. The number of hydrogen-bond donors (Lipinski definition) is 1. The molecule has 0 radical (unpaired) electrons. The van der Waals surface area contributed by atoms with Gasteiger partial charge in [0.25, 0.3) is 11.8 Å². The quantitative estimate of drug-likeness (QED) is 0.445. The predicted molar refractivity (Wildman–Crippen MR) is 134 cm³/mol. The smallest absolute Gasteiger partial charge is 0.367 e. The van der Waals surface area contributed by atoms with E-state index in [0.717, 1.165) is 36.4 Å². The summed E-state index contributed by atoms with van der Waals surface area (Å²) in [5.41, 5.74) is 3.26. The molecule has 1 N–H and O–H groups in total. The third-order valence-electron chi connectivity index (χ3n) is 6.03. The first-order valence-corrected chi connectivity index (χ1v) is 12.1. The van der Waals surface area contributed by atoms with E-state index in [1.807, 2.05) is 6.07 Å². The van der Waals surface area contributed by atoms with E-state index in [2.05, 4.69) is 15.0 Å². The van der Waals surface area contributed by atoms with E-state index in [1.165, 1.54) is 17.2 Å². The van der Waals surface area contributed by atoms with Crippen molar-refractivity contribution in [3.8, 4) is 0 Å². The molecule has 5 rings (SSSR count). The summed E-state index contributed by atoms with van der Waals surface area (Å²) in [5, 5.41) is 4.01. The fourth-order valence-electron chi connectivity index (χ4n) is 4.29. The molecule has 1 aromatic heterocycles. The number of nitrogens with one attached hydrogen (secondary N) is 1. The molecule has 194 valence electrons. The van der Waals surface area contributed by atoms with Crippen molar-refractivity contribution in [1.29, 1.82) is 0 Å². The zero-order chi connectivity index (χ0) is 26.7. The van der Waals surface area contributed by atoms with Gasteiger partial charge in [0, 0.05) is 53.1 Å². The largest absolute Gasteiger partial charge is 0.418 e. The van der Waals surface area contributed by atoms with Gasteiger partial charge < -0.3 is 15.0 Å². The van der Waals surface area contributed by atoms with Gasteiger partial charge >= 0.3 is 6.18 Å².